The van der Waals surface area contributed by atoms with E-state index in [0.717, 1.165) is 30.8 Å². The number of hydrogen-bond donors (Lipinski definition) is 1. The van der Waals surface area contributed by atoms with E-state index in [9.17, 15) is 14.0 Å². The molecular weight excluding hydrogens is 367 g/mol. The lowest BCUT2D eigenvalue weighted by Crippen LogP contribution is -2.56. The Morgan fingerprint density at radius 1 is 1.37 bits per heavy atom. The molecule has 0 saturated carbocycles. The Kier molecular flexibility index (Phi) is 5.13. The second-order valence-corrected chi connectivity index (χ2v) is 8.65. The molecule has 0 aliphatic carbocycles. The second-order valence-electron chi connectivity index (χ2n) is 7.58. The first-order valence-electron chi connectivity index (χ1n) is 9.39. The van der Waals surface area contributed by atoms with Crippen LogP contribution in [-0.4, -0.2) is 75.9 Å². The molecule has 2 amide bonds. The fourth-order valence-corrected chi connectivity index (χ4v) is 5.41. The van der Waals surface area contributed by atoms with E-state index in [-0.39, 0.29) is 35.8 Å². The summed E-state index contributed by atoms with van der Waals surface area (Å²) in [6, 6.07) is 5.57. The van der Waals surface area contributed by atoms with Crippen LogP contribution in [0.4, 0.5) is 4.39 Å². The average molecular weight is 393 g/mol. The van der Waals surface area contributed by atoms with Crippen LogP contribution in [-0.2, 0) is 9.59 Å². The fraction of sp³-hybridized carbons (Fsp3) is 0.579. The molecule has 4 rings (SSSR count). The number of nitrogens with zero attached hydrogens (tertiary/aromatic N) is 3. The van der Waals surface area contributed by atoms with Gasteiger partial charge in [-0.1, -0.05) is 12.1 Å². The van der Waals surface area contributed by atoms with Crippen molar-refractivity contribution in [3.05, 3.63) is 35.6 Å². The van der Waals surface area contributed by atoms with Crippen LogP contribution in [0.3, 0.4) is 0 Å². The molecule has 146 valence electrons. The van der Waals surface area contributed by atoms with Gasteiger partial charge in [0.05, 0.1) is 24.0 Å². The summed E-state index contributed by atoms with van der Waals surface area (Å²) in [6.45, 7) is 3.89. The number of likely N-dealkylation sites (tertiary alicyclic amines) is 2. The van der Waals surface area contributed by atoms with Crippen LogP contribution in [0.1, 0.15) is 24.9 Å². The summed E-state index contributed by atoms with van der Waals surface area (Å²) in [4.78, 5) is 31.2. The third kappa shape index (κ3) is 3.46. The Hall–Kier alpha value is -1.64. The van der Waals surface area contributed by atoms with Crippen LogP contribution >= 0.6 is 11.8 Å². The molecule has 2 bridgehead atoms. The topological polar surface area (TPSA) is 69.9 Å². The molecule has 6 nitrogen and oxygen atoms in total. The molecule has 1 aromatic carbocycles. The van der Waals surface area contributed by atoms with Crippen molar-refractivity contribution in [3.63, 3.8) is 0 Å². The molecule has 3 fully saturated rings. The van der Waals surface area contributed by atoms with Crippen molar-refractivity contribution in [3.8, 4) is 0 Å². The van der Waals surface area contributed by atoms with E-state index < -0.39 is 6.04 Å². The number of carbonyl (C=O) groups excluding carboxylic acids is 2. The van der Waals surface area contributed by atoms with E-state index in [2.05, 4.69) is 4.90 Å². The van der Waals surface area contributed by atoms with Gasteiger partial charge < -0.3 is 15.5 Å². The summed E-state index contributed by atoms with van der Waals surface area (Å²) in [5, 5.41) is 0. The molecule has 3 aliphatic rings. The van der Waals surface area contributed by atoms with Crippen molar-refractivity contribution in [2.75, 3.05) is 31.3 Å². The number of rotatable bonds is 5. The molecule has 3 heterocycles. The summed E-state index contributed by atoms with van der Waals surface area (Å²) in [5.74, 6) is 1.45. The third-order valence-corrected chi connectivity index (χ3v) is 6.86. The zero-order chi connectivity index (χ0) is 19.1. The number of amides is 2. The summed E-state index contributed by atoms with van der Waals surface area (Å²) < 4.78 is 13.2. The zero-order valence-corrected chi connectivity index (χ0v) is 16.2. The summed E-state index contributed by atoms with van der Waals surface area (Å²) in [6.07, 6.45) is 0.769. The van der Waals surface area contributed by atoms with Crippen LogP contribution in [0, 0.1) is 5.82 Å². The molecule has 0 radical (unpaired) electrons. The highest BCUT2D eigenvalue weighted by molar-refractivity contribution is 7.99. The Labute approximate surface area is 162 Å². The van der Waals surface area contributed by atoms with Gasteiger partial charge in [-0.15, -0.1) is 11.8 Å². The molecule has 0 aromatic heterocycles. The number of hydrogen-bond acceptors (Lipinski definition) is 5. The lowest BCUT2D eigenvalue weighted by Gasteiger charge is -2.38. The van der Waals surface area contributed by atoms with Crippen LogP contribution < -0.4 is 5.73 Å². The van der Waals surface area contributed by atoms with Crippen LogP contribution in [0.15, 0.2) is 24.3 Å². The lowest BCUT2D eigenvalue weighted by molar-refractivity contribution is -0.140. The number of benzene rings is 1. The number of piperazine rings is 1. The minimum absolute atomic E-state index is 0.0215. The first-order valence-corrected chi connectivity index (χ1v) is 10.5. The summed E-state index contributed by atoms with van der Waals surface area (Å²) in [7, 11) is 0. The number of carbonyl (C=O) groups is 2. The quantitative estimate of drug-likeness (QED) is 0.811. The predicted molar refractivity (Wildman–Crippen MR) is 102 cm³/mol. The highest BCUT2D eigenvalue weighted by atomic mass is 32.2. The smallest absolute Gasteiger partial charge is 0.241 e. The number of nitrogens with two attached hydrogens (primary N) is 1. The van der Waals surface area contributed by atoms with E-state index in [1.807, 2.05) is 11.8 Å². The Bertz CT molecular complexity index is 725. The van der Waals surface area contributed by atoms with Crippen molar-refractivity contribution < 1.29 is 14.0 Å². The lowest BCUT2D eigenvalue weighted by atomic mass is 10.1. The number of halogens is 1. The first kappa shape index (κ1) is 18.7. The van der Waals surface area contributed by atoms with Gasteiger partial charge in [-0.2, -0.15) is 0 Å². The molecule has 3 saturated heterocycles. The number of fused-ring (bicyclic) bond motifs is 2. The highest BCUT2D eigenvalue weighted by Gasteiger charge is 2.51. The van der Waals surface area contributed by atoms with E-state index in [0.29, 0.717) is 12.4 Å². The van der Waals surface area contributed by atoms with Gasteiger partial charge in [0.1, 0.15) is 5.82 Å². The van der Waals surface area contributed by atoms with Gasteiger partial charge in [-0.25, -0.2) is 4.39 Å². The van der Waals surface area contributed by atoms with Gasteiger partial charge in [-0.3, -0.25) is 14.5 Å². The van der Waals surface area contributed by atoms with Crippen LogP contribution in [0.2, 0.25) is 0 Å². The first-order chi connectivity index (χ1) is 13.0. The molecule has 27 heavy (non-hydrogen) atoms. The maximum Gasteiger partial charge on any atom is 0.241 e. The molecule has 1 aromatic rings. The fourth-order valence-electron chi connectivity index (χ4n) is 4.45. The van der Waals surface area contributed by atoms with Gasteiger partial charge in [0.2, 0.25) is 11.8 Å². The predicted octanol–water partition coefficient (Wildman–Crippen LogP) is 1.03. The summed E-state index contributed by atoms with van der Waals surface area (Å²) in [5.41, 5.74) is 7.08. The maximum atomic E-state index is 13.2. The Balaban J connectivity index is 1.39. The minimum atomic E-state index is -0.584. The monoisotopic (exact) mass is 392 g/mol. The van der Waals surface area contributed by atoms with Crippen molar-refractivity contribution in [2.45, 2.75) is 37.5 Å². The van der Waals surface area contributed by atoms with E-state index in [1.165, 1.54) is 12.1 Å². The Morgan fingerprint density at radius 2 is 2.11 bits per heavy atom. The molecule has 3 unspecified atom stereocenters. The van der Waals surface area contributed by atoms with Crippen molar-refractivity contribution in [2.24, 2.45) is 5.73 Å². The largest absolute Gasteiger partial charge is 0.331 e. The second kappa shape index (κ2) is 7.41. The normalized spacial score (nSPS) is 27.4. The molecular formula is C19H25FN4O2S. The Morgan fingerprint density at radius 3 is 2.74 bits per heavy atom. The molecule has 2 N–H and O–H groups in total. The molecule has 4 atom stereocenters. The average Bonchev–Trinajstić information content (AvgIpc) is 3.37. The maximum absolute atomic E-state index is 13.2. The minimum Gasteiger partial charge on any atom is -0.331 e. The van der Waals surface area contributed by atoms with Gasteiger partial charge in [0.25, 0.3) is 0 Å². The van der Waals surface area contributed by atoms with E-state index in [1.54, 1.807) is 28.8 Å². The van der Waals surface area contributed by atoms with E-state index in [4.69, 9.17) is 5.73 Å². The standard InChI is InChI=1S/C19H25FN4O2S/c1-12(13-2-4-14(20)5-3-13)24-15-8-17(19(24)26)23(9-15)10-16(21)18(25)22-6-7-27-11-22/h2-5,12,15-17H,6-11,21H2,1H3/t12-,15?,16?,17?/m0/s1. The zero-order valence-electron chi connectivity index (χ0n) is 15.4. The molecule has 3 aliphatic heterocycles. The van der Waals surface area contributed by atoms with E-state index >= 15 is 0 Å². The van der Waals surface area contributed by atoms with Gasteiger partial charge in [0, 0.05) is 31.4 Å². The van der Waals surface area contributed by atoms with Crippen LogP contribution in [0.25, 0.3) is 0 Å². The molecule has 0 spiro atoms. The molecule has 8 heteroatoms. The van der Waals surface area contributed by atoms with Crippen molar-refractivity contribution >= 4 is 23.6 Å². The van der Waals surface area contributed by atoms with Crippen molar-refractivity contribution in [1.82, 2.24) is 14.7 Å². The van der Waals surface area contributed by atoms with Crippen molar-refractivity contribution in [1.29, 1.82) is 0 Å². The van der Waals surface area contributed by atoms with Crippen LogP contribution in [0.5, 0.6) is 0 Å². The van der Waals surface area contributed by atoms with Gasteiger partial charge in [0.15, 0.2) is 0 Å². The number of thioether (sulfide) groups is 1. The van der Waals surface area contributed by atoms with Gasteiger partial charge in [-0.05, 0) is 31.0 Å². The summed E-state index contributed by atoms with van der Waals surface area (Å²) >= 11 is 1.74. The highest BCUT2D eigenvalue weighted by Crippen LogP contribution is 2.37. The van der Waals surface area contributed by atoms with Gasteiger partial charge >= 0.3 is 0 Å². The SMILES string of the molecule is C[C@@H](c1ccc(F)cc1)N1C(=O)C2CC1CN2CC(N)C(=O)N1CCSC1. The third-order valence-electron chi connectivity index (χ3n) is 5.90.